The van der Waals surface area contributed by atoms with E-state index >= 15 is 0 Å². The smallest absolute Gasteiger partial charge is 0.0284 e. The van der Waals surface area contributed by atoms with Crippen LogP contribution in [0.4, 0.5) is 0 Å². The summed E-state index contributed by atoms with van der Waals surface area (Å²) in [4.78, 5) is 0. The van der Waals surface area contributed by atoms with Crippen molar-refractivity contribution in [3.8, 4) is 0 Å². The molecule has 1 rings (SSSR count). The molecule has 1 aliphatic carbocycles. The summed E-state index contributed by atoms with van der Waals surface area (Å²) < 4.78 is 0. The molecule has 0 heterocycles. The fourth-order valence-electron chi connectivity index (χ4n) is 0.795. The maximum atomic E-state index is 3.17. The summed E-state index contributed by atoms with van der Waals surface area (Å²) in [5.41, 5.74) is 0. The lowest BCUT2D eigenvalue weighted by Crippen LogP contribution is -2.22. The topological polar surface area (TPSA) is 12.0 Å². The highest BCUT2D eigenvalue weighted by atomic mass is 14.9. The second-order valence-corrected chi connectivity index (χ2v) is 1.94. The van der Waals surface area contributed by atoms with Gasteiger partial charge in [-0.05, 0) is 13.5 Å². The monoisotopic (exact) mass is 139 g/mol. The highest BCUT2D eigenvalue weighted by molar-refractivity contribution is 5.13. The lowest BCUT2D eigenvalue weighted by molar-refractivity contribution is 0.672. The van der Waals surface area contributed by atoms with Gasteiger partial charge in [-0.1, -0.05) is 38.2 Å². The zero-order chi connectivity index (χ0) is 7.82. The Kier molecular flexibility index (Phi) is 6.19. The second-order valence-electron chi connectivity index (χ2n) is 1.94. The third-order valence-corrected chi connectivity index (χ3v) is 1.35. The Morgan fingerprint density at radius 1 is 1.30 bits per heavy atom. The summed E-state index contributed by atoms with van der Waals surface area (Å²) >= 11 is 0. The molecular weight excluding hydrogens is 122 g/mol. The van der Waals surface area contributed by atoms with Gasteiger partial charge in [0.15, 0.2) is 0 Å². The molecule has 0 amide bonds. The van der Waals surface area contributed by atoms with Gasteiger partial charge in [0.25, 0.3) is 0 Å². The van der Waals surface area contributed by atoms with Crippen molar-refractivity contribution in [2.45, 2.75) is 26.3 Å². The first kappa shape index (κ1) is 9.44. The normalized spacial score (nSPS) is 21.7. The van der Waals surface area contributed by atoms with Crippen LogP contribution in [0.1, 0.15) is 20.3 Å². The molecule has 1 heteroatoms. The molecule has 0 aromatic heterocycles. The molecule has 10 heavy (non-hydrogen) atoms. The molecule has 1 aliphatic rings. The minimum atomic E-state index is 0.569. The van der Waals surface area contributed by atoms with E-state index in [0.717, 1.165) is 6.42 Å². The molecule has 1 N–H and O–H groups in total. The summed E-state index contributed by atoms with van der Waals surface area (Å²) in [6.45, 7) is 4.00. The van der Waals surface area contributed by atoms with E-state index < -0.39 is 0 Å². The highest BCUT2D eigenvalue weighted by Gasteiger charge is 1.97. The highest BCUT2D eigenvalue weighted by Crippen LogP contribution is 2.00. The maximum Gasteiger partial charge on any atom is 0.0284 e. The van der Waals surface area contributed by atoms with Gasteiger partial charge >= 0.3 is 0 Å². The van der Waals surface area contributed by atoms with E-state index in [4.69, 9.17) is 0 Å². The Balaban J connectivity index is 0.000000371. The van der Waals surface area contributed by atoms with E-state index in [1.807, 2.05) is 20.9 Å². The minimum absolute atomic E-state index is 0.569. The quantitative estimate of drug-likeness (QED) is 0.586. The van der Waals surface area contributed by atoms with Crippen molar-refractivity contribution >= 4 is 0 Å². The third kappa shape index (κ3) is 3.46. The van der Waals surface area contributed by atoms with Crippen LogP contribution in [0.5, 0.6) is 0 Å². The molecule has 1 unspecified atom stereocenters. The Hall–Kier alpha value is -0.560. The van der Waals surface area contributed by atoms with Crippen molar-refractivity contribution in [2.75, 3.05) is 7.05 Å². The van der Waals surface area contributed by atoms with Crippen LogP contribution in [0.15, 0.2) is 24.3 Å². The van der Waals surface area contributed by atoms with Crippen LogP contribution in [0.2, 0.25) is 0 Å². The molecule has 58 valence electrons. The predicted molar refractivity (Wildman–Crippen MR) is 47.1 cm³/mol. The number of hydrogen-bond acceptors (Lipinski definition) is 1. The zero-order valence-corrected chi connectivity index (χ0v) is 7.09. The second kappa shape index (κ2) is 6.56. The van der Waals surface area contributed by atoms with Gasteiger partial charge in [-0.3, -0.25) is 0 Å². The Bertz CT molecular complexity index is 114. The first-order valence-electron chi connectivity index (χ1n) is 3.94. The van der Waals surface area contributed by atoms with Crippen molar-refractivity contribution < 1.29 is 0 Å². The van der Waals surface area contributed by atoms with Crippen molar-refractivity contribution in [1.82, 2.24) is 5.32 Å². The van der Waals surface area contributed by atoms with E-state index in [9.17, 15) is 0 Å². The van der Waals surface area contributed by atoms with Gasteiger partial charge < -0.3 is 5.32 Å². The molecule has 0 saturated carbocycles. The lowest BCUT2D eigenvalue weighted by atomic mass is 10.1. The summed E-state index contributed by atoms with van der Waals surface area (Å²) in [7, 11) is 1.98. The van der Waals surface area contributed by atoms with Crippen molar-refractivity contribution in [1.29, 1.82) is 0 Å². The predicted octanol–water partition coefficient (Wildman–Crippen LogP) is 2.12. The van der Waals surface area contributed by atoms with E-state index in [2.05, 4.69) is 29.6 Å². The first-order chi connectivity index (χ1) is 4.93. The largest absolute Gasteiger partial charge is 0.313 e. The van der Waals surface area contributed by atoms with E-state index in [1.54, 1.807) is 0 Å². The molecule has 0 radical (unpaired) electrons. The van der Waals surface area contributed by atoms with Crippen LogP contribution in [-0.4, -0.2) is 13.1 Å². The van der Waals surface area contributed by atoms with Gasteiger partial charge in [-0.25, -0.2) is 0 Å². The van der Waals surface area contributed by atoms with Gasteiger partial charge in [0.05, 0.1) is 0 Å². The number of hydrogen-bond donors (Lipinski definition) is 1. The average Bonchev–Trinajstić information content (AvgIpc) is 2.10. The van der Waals surface area contributed by atoms with Gasteiger partial charge in [0, 0.05) is 6.04 Å². The van der Waals surface area contributed by atoms with Crippen molar-refractivity contribution in [2.24, 2.45) is 0 Å². The number of likely N-dealkylation sites (N-methyl/N-ethyl adjacent to an activating group) is 1. The summed E-state index contributed by atoms with van der Waals surface area (Å²) in [5.74, 6) is 0. The van der Waals surface area contributed by atoms with Crippen molar-refractivity contribution in [3.63, 3.8) is 0 Å². The van der Waals surface area contributed by atoms with Gasteiger partial charge in [0.1, 0.15) is 0 Å². The Morgan fingerprint density at radius 2 is 2.00 bits per heavy atom. The van der Waals surface area contributed by atoms with E-state index in [1.165, 1.54) is 0 Å². The molecule has 0 fully saturated rings. The molecule has 0 aromatic carbocycles. The van der Waals surface area contributed by atoms with Crippen LogP contribution in [0.3, 0.4) is 0 Å². The molecule has 0 aromatic rings. The molecular formula is C9H17N. The maximum absolute atomic E-state index is 3.17. The van der Waals surface area contributed by atoms with Crippen LogP contribution in [-0.2, 0) is 0 Å². The third-order valence-electron chi connectivity index (χ3n) is 1.35. The molecule has 0 bridgehead atoms. The van der Waals surface area contributed by atoms with Gasteiger partial charge in [-0.15, -0.1) is 0 Å². The van der Waals surface area contributed by atoms with Crippen LogP contribution in [0.25, 0.3) is 0 Å². The molecule has 0 spiro atoms. The number of rotatable bonds is 1. The van der Waals surface area contributed by atoms with Gasteiger partial charge in [0.2, 0.25) is 0 Å². The lowest BCUT2D eigenvalue weighted by Gasteiger charge is -2.09. The summed E-state index contributed by atoms with van der Waals surface area (Å²) in [5, 5.41) is 3.17. The van der Waals surface area contributed by atoms with Gasteiger partial charge in [-0.2, -0.15) is 0 Å². The molecule has 0 saturated heterocycles. The van der Waals surface area contributed by atoms with E-state index in [-0.39, 0.29) is 0 Å². The van der Waals surface area contributed by atoms with Crippen LogP contribution >= 0.6 is 0 Å². The van der Waals surface area contributed by atoms with Crippen molar-refractivity contribution in [3.05, 3.63) is 24.3 Å². The number of allylic oxidation sites excluding steroid dienone is 2. The first-order valence-corrected chi connectivity index (χ1v) is 3.94. The molecule has 0 aliphatic heterocycles. The summed E-state index contributed by atoms with van der Waals surface area (Å²) in [6.07, 6.45) is 9.62. The van der Waals surface area contributed by atoms with Crippen LogP contribution in [0, 0.1) is 0 Å². The Labute approximate surface area is 63.8 Å². The molecule has 1 atom stereocenters. The fraction of sp³-hybridized carbons (Fsp3) is 0.556. The fourth-order valence-corrected chi connectivity index (χ4v) is 0.795. The minimum Gasteiger partial charge on any atom is -0.313 e. The number of nitrogens with one attached hydrogen (secondary N) is 1. The van der Waals surface area contributed by atoms with Crippen LogP contribution < -0.4 is 5.32 Å². The zero-order valence-electron chi connectivity index (χ0n) is 7.09. The van der Waals surface area contributed by atoms with E-state index in [0.29, 0.717) is 6.04 Å². The SMILES string of the molecule is CC.CNC1C=CC=CC1. The summed E-state index contributed by atoms with van der Waals surface area (Å²) in [6, 6.07) is 0.569. The average molecular weight is 139 g/mol. The Morgan fingerprint density at radius 3 is 2.30 bits per heavy atom. The molecule has 1 nitrogen and oxygen atoms in total. The standard InChI is InChI=1S/C7H11N.C2H6/c1-8-7-5-3-2-4-6-7;1-2/h2-5,7-8H,6H2,1H3;1-2H3.